The molecule has 1 amide bonds. The van der Waals surface area contributed by atoms with Gasteiger partial charge in [0.15, 0.2) is 0 Å². The molecule has 0 fully saturated rings. The summed E-state index contributed by atoms with van der Waals surface area (Å²) in [6.45, 7) is 4.60. The number of alkyl halides is 3. The predicted octanol–water partition coefficient (Wildman–Crippen LogP) is 3.08. The summed E-state index contributed by atoms with van der Waals surface area (Å²) in [6.07, 6.45) is -1.97. The molecule has 1 atom stereocenters. The number of halogens is 3. The SMILES string of the molecule is C[C@@H](NC(=O)c1cc(-c2ccc(OC(F)(F)F)cc2)nn(-c2cccnc2)c1=O)C(C)(C)O. The largest absolute Gasteiger partial charge is 0.573 e. The molecule has 2 aromatic heterocycles. The van der Waals surface area contributed by atoms with Gasteiger partial charge in [-0.1, -0.05) is 0 Å². The van der Waals surface area contributed by atoms with Crippen LogP contribution in [0.25, 0.3) is 16.9 Å². The lowest BCUT2D eigenvalue weighted by Gasteiger charge is -2.26. The summed E-state index contributed by atoms with van der Waals surface area (Å²) in [5, 5.41) is 17.0. The molecule has 1 aromatic carbocycles. The van der Waals surface area contributed by atoms with E-state index in [2.05, 4.69) is 20.1 Å². The summed E-state index contributed by atoms with van der Waals surface area (Å²) in [7, 11) is 0. The number of aliphatic hydroxyl groups is 1. The molecule has 0 radical (unpaired) electrons. The van der Waals surface area contributed by atoms with Crippen molar-refractivity contribution >= 4 is 5.91 Å². The molecule has 174 valence electrons. The number of aromatic nitrogens is 3. The summed E-state index contributed by atoms with van der Waals surface area (Å²) >= 11 is 0. The van der Waals surface area contributed by atoms with Crippen LogP contribution in [-0.4, -0.2) is 43.8 Å². The molecule has 0 bridgehead atoms. The van der Waals surface area contributed by atoms with Crippen molar-refractivity contribution in [1.82, 2.24) is 20.1 Å². The van der Waals surface area contributed by atoms with E-state index in [4.69, 9.17) is 0 Å². The molecule has 0 spiro atoms. The number of carbonyl (C=O) groups excluding carboxylic acids is 1. The molecule has 11 heteroatoms. The van der Waals surface area contributed by atoms with Gasteiger partial charge in [-0.05, 0) is 63.2 Å². The van der Waals surface area contributed by atoms with Crippen molar-refractivity contribution in [1.29, 1.82) is 0 Å². The van der Waals surface area contributed by atoms with Gasteiger partial charge in [0.1, 0.15) is 11.3 Å². The van der Waals surface area contributed by atoms with E-state index in [0.717, 1.165) is 16.8 Å². The van der Waals surface area contributed by atoms with Gasteiger partial charge >= 0.3 is 6.36 Å². The Hall–Kier alpha value is -3.73. The summed E-state index contributed by atoms with van der Waals surface area (Å²) < 4.78 is 42.2. The van der Waals surface area contributed by atoms with E-state index in [1.807, 2.05) is 0 Å². The first-order valence-corrected chi connectivity index (χ1v) is 9.79. The highest BCUT2D eigenvalue weighted by Gasteiger charge is 2.31. The van der Waals surface area contributed by atoms with Gasteiger partial charge in [0.2, 0.25) is 0 Å². The second kappa shape index (κ2) is 9.02. The van der Waals surface area contributed by atoms with Crippen molar-refractivity contribution in [3.05, 3.63) is 70.8 Å². The molecule has 0 saturated carbocycles. The topological polar surface area (TPSA) is 106 Å². The molecule has 8 nitrogen and oxygen atoms in total. The summed E-state index contributed by atoms with van der Waals surface area (Å²) in [5.41, 5.74) is -1.47. The number of hydrogen-bond donors (Lipinski definition) is 2. The molecule has 2 heterocycles. The minimum Gasteiger partial charge on any atom is -0.406 e. The van der Waals surface area contributed by atoms with Crippen molar-refractivity contribution in [2.24, 2.45) is 0 Å². The van der Waals surface area contributed by atoms with E-state index >= 15 is 0 Å². The molecule has 33 heavy (non-hydrogen) atoms. The third-order valence-corrected chi connectivity index (χ3v) is 4.84. The minimum absolute atomic E-state index is 0.151. The molecular weight excluding hydrogens is 441 g/mol. The lowest BCUT2D eigenvalue weighted by atomic mass is 10.0. The Kier molecular flexibility index (Phi) is 6.54. The molecule has 3 rings (SSSR count). The lowest BCUT2D eigenvalue weighted by Crippen LogP contribution is -2.48. The van der Waals surface area contributed by atoms with Crippen LogP contribution >= 0.6 is 0 Å². The van der Waals surface area contributed by atoms with Crippen LogP contribution in [0.1, 0.15) is 31.1 Å². The van der Waals surface area contributed by atoms with Crippen LogP contribution in [0.15, 0.2) is 59.7 Å². The highest BCUT2D eigenvalue weighted by Crippen LogP contribution is 2.26. The Morgan fingerprint density at radius 2 is 1.85 bits per heavy atom. The third-order valence-electron chi connectivity index (χ3n) is 4.84. The van der Waals surface area contributed by atoms with Crippen molar-refractivity contribution in [3.63, 3.8) is 0 Å². The van der Waals surface area contributed by atoms with Gasteiger partial charge in [-0.2, -0.15) is 9.78 Å². The predicted molar refractivity (Wildman–Crippen MR) is 113 cm³/mol. The quantitative estimate of drug-likeness (QED) is 0.583. The van der Waals surface area contributed by atoms with Crippen LogP contribution in [0.4, 0.5) is 13.2 Å². The van der Waals surface area contributed by atoms with Gasteiger partial charge in [0.25, 0.3) is 11.5 Å². The number of ether oxygens (including phenoxy) is 1. The van der Waals surface area contributed by atoms with E-state index in [1.54, 1.807) is 19.1 Å². The van der Waals surface area contributed by atoms with E-state index in [1.165, 1.54) is 44.4 Å². The zero-order chi connectivity index (χ0) is 24.4. The number of nitrogens with zero attached hydrogens (tertiary/aromatic N) is 3. The first-order valence-electron chi connectivity index (χ1n) is 9.79. The Balaban J connectivity index is 2.08. The van der Waals surface area contributed by atoms with E-state index in [9.17, 15) is 27.9 Å². The first-order chi connectivity index (χ1) is 15.3. The van der Waals surface area contributed by atoms with Crippen LogP contribution in [0.5, 0.6) is 5.75 Å². The zero-order valence-corrected chi connectivity index (χ0v) is 17.9. The number of carbonyl (C=O) groups is 1. The lowest BCUT2D eigenvalue weighted by molar-refractivity contribution is -0.274. The molecular formula is C22H21F3N4O4. The van der Waals surface area contributed by atoms with Crippen LogP contribution < -0.4 is 15.6 Å². The number of amides is 1. The summed E-state index contributed by atoms with van der Waals surface area (Å²) in [4.78, 5) is 29.9. The Morgan fingerprint density at radius 3 is 2.39 bits per heavy atom. The van der Waals surface area contributed by atoms with E-state index in [0.29, 0.717) is 5.56 Å². The Labute approximate surface area is 186 Å². The van der Waals surface area contributed by atoms with Crippen LogP contribution in [-0.2, 0) is 0 Å². The number of pyridine rings is 1. The second-order valence-corrected chi connectivity index (χ2v) is 7.79. The van der Waals surface area contributed by atoms with Gasteiger partial charge in [-0.15, -0.1) is 13.2 Å². The van der Waals surface area contributed by atoms with Crippen molar-refractivity contribution in [2.75, 3.05) is 0 Å². The molecule has 2 N–H and O–H groups in total. The second-order valence-electron chi connectivity index (χ2n) is 7.79. The highest BCUT2D eigenvalue weighted by atomic mass is 19.4. The molecule has 0 unspecified atom stereocenters. The zero-order valence-electron chi connectivity index (χ0n) is 17.9. The molecule has 0 aliphatic heterocycles. The van der Waals surface area contributed by atoms with Gasteiger partial charge in [-0.3, -0.25) is 14.6 Å². The molecule has 0 aliphatic rings. The fourth-order valence-corrected chi connectivity index (χ4v) is 2.73. The van der Waals surface area contributed by atoms with Gasteiger partial charge in [-0.25, -0.2) is 0 Å². The fraction of sp³-hybridized carbons (Fsp3) is 0.273. The number of nitrogens with one attached hydrogen (secondary N) is 1. The average molecular weight is 462 g/mol. The Morgan fingerprint density at radius 1 is 1.18 bits per heavy atom. The molecule has 3 aromatic rings. The van der Waals surface area contributed by atoms with Crippen LogP contribution in [0.2, 0.25) is 0 Å². The summed E-state index contributed by atoms with van der Waals surface area (Å²) in [6, 6.07) is 8.53. The fourth-order valence-electron chi connectivity index (χ4n) is 2.73. The molecule has 0 aliphatic carbocycles. The monoisotopic (exact) mass is 462 g/mol. The minimum atomic E-state index is -4.84. The van der Waals surface area contributed by atoms with Gasteiger partial charge in [0.05, 0.1) is 29.2 Å². The van der Waals surface area contributed by atoms with Crippen LogP contribution in [0.3, 0.4) is 0 Å². The first kappa shape index (κ1) is 23.9. The standard InChI is InChI=1S/C22H21F3N4O4/c1-13(21(2,3)32)27-19(30)17-11-18(14-6-8-16(9-7-14)33-22(23,24)25)28-29(20(17)31)15-5-4-10-26-12-15/h4-13,32H,1-3H3,(H,27,30)/t13-/m1/s1. The molecule has 0 saturated heterocycles. The van der Waals surface area contributed by atoms with E-state index in [-0.39, 0.29) is 16.9 Å². The number of rotatable bonds is 6. The van der Waals surface area contributed by atoms with E-state index < -0.39 is 35.2 Å². The maximum absolute atomic E-state index is 13.0. The van der Waals surface area contributed by atoms with Crippen molar-refractivity contribution < 1.29 is 27.8 Å². The highest BCUT2D eigenvalue weighted by molar-refractivity contribution is 5.95. The maximum atomic E-state index is 13.0. The van der Waals surface area contributed by atoms with Gasteiger partial charge in [0, 0.05) is 11.8 Å². The number of hydrogen-bond acceptors (Lipinski definition) is 6. The number of benzene rings is 1. The van der Waals surface area contributed by atoms with Crippen molar-refractivity contribution in [3.8, 4) is 22.7 Å². The average Bonchev–Trinajstić information content (AvgIpc) is 2.73. The third kappa shape index (κ3) is 5.95. The van der Waals surface area contributed by atoms with Gasteiger partial charge < -0.3 is 15.2 Å². The maximum Gasteiger partial charge on any atom is 0.573 e. The summed E-state index contributed by atoms with van der Waals surface area (Å²) in [5.74, 6) is -1.17. The Bertz CT molecular complexity index is 1190. The van der Waals surface area contributed by atoms with Crippen molar-refractivity contribution in [2.45, 2.75) is 38.8 Å². The van der Waals surface area contributed by atoms with Crippen LogP contribution in [0, 0.1) is 0 Å². The normalized spacial score (nSPS) is 12.8. The smallest absolute Gasteiger partial charge is 0.406 e.